The van der Waals surface area contributed by atoms with Crippen molar-refractivity contribution in [1.82, 2.24) is 10.6 Å². The molecule has 0 saturated heterocycles. The largest absolute Gasteiger partial charge is 0.504 e. The Labute approximate surface area is 196 Å². The first-order valence-electron chi connectivity index (χ1n) is 9.85. The van der Waals surface area contributed by atoms with Crippen LogP contribution in [-0.4, -0.2) is 59.7 Å². The topological polar surface area (TPSA) is 149 Å². The van der Waals surface area contributed by atoms with E-state index in [0.717, 1.165) is 7.11 Å². The van der Waals surface area contributed by atoms with E-state index in [0.29, 0.717) is 11.3 Å². The monoisotopic (exact) mass is 492 g/mol. The summed E-state index contributed by atoms with van der Waals surface area (Å²) < 4.78 is 46.7. The van der Waals surface area contributed by atoms with Gasteiger partial charge in [0.1, 0.15) is 0 Å². The molecule has 0 spiro atoms. The highest BCUT2D eigenvalue weighted by Crippen LogP contribution is 2.35. The quantitative estimate of drug-likeness (QED) is 0.468. The maximum Gasteiger partial charge on any atom is 0.338 e. The smallest absolute Gasteiger partial charge is 0.338 e. The van der Waals surface area contributed by atoms with Gasteiger partial charge < -0.3 is 34.7 Å². The summed E-state index contributed by atoms with van der Waals surface area (Å²) >= 11 is 0. The number of benzene rings is 2. The summed E-state index contributed by atoms with van der Waals surface area (Å²) in [5.41, 5.74) is 0.104. The van der Waals surface area contributed by atoms with Crippen LogP contribution in [0, 0.1) is 0 Å². The lowest BCUT2D eigenvalue weighted by molar-refractivity contribution is -0.136. The van der Waals surface area contributed by atoms with Crippen molar-refractivity contribution in [2.24, 2.45) is 0 Å². The first-order valence-corrected chi connectivity index (χ1v) is 11.5. The summed E-state index contributed by atoms with van der Waals surface area (Å²) in [7, 11) is 1.23. The predicted octanol–water partition coefficient (Wildman–Crippen LogP) is 1.67. The number of carbonyl (C=O) groups excluding carboxylic acids is 2. The molecule has 3 N–H and O–H groups in total. The van der Waals surface area contributed by atoms with Crippen LogP contribution in [0.3, 0.4) is 0 Å². The molecule has 0 aliphatic carbocycles. The van der Waals surface area contributed by atoms with E-state index < -0.39 is 33.6 Å². The van der Waals surface area contributed by atoms with Gasteiger partial charge in [-0.15, -0.1) is 0 Å². The van der Waals surface area contributed by atoms with Gasteiger partial charge in [-0.3, -0.25) is 0 Å². The van der Waals surface area contributed by atoms with Crippen molar-refractivity contribution < 1.29 is 42.1 Å². The Balaban J connectivity index is 2.11. The Morgan fingerprint density at radius 1 is 0.971 bits per heavy atom. The van der Waals surface area contributed by atoms with Crippen LogP contribution >= 0.6 is 0 Å². The van der Waals surface area contributed by atoms with Crippen molar-refractivity contribution in [2.45, 2.75) is 10.9 Å². The molecular formula is C22H24N2O9S. The lowest BCUT2D eigenvalue weighted by Gasteiger charge is -2.29. The summed E-state index contributed by atoms with van der Waals surface area (Å²) in [5, 5.41) is 14.9. The lowest BCUT2D eigenvalue weighted by atomic mass is 9.95. The van der Waals surface area contributed by atoms with E-state index in [-0.39, 0.29) is 33.4 Å². The fraction of sp³-hybridized carbons (Fsp3) is 0.273. The second kappa shape index (κ2) is 9.91. The maximum absolute atomic E-state index is 13.2. The van der Waals surface area contributed by atoms with Gasteiger partial charge in [0.05, 0.1) is 50.7 Å². The molecule has 0 fully saturated rings. The third kappa shape index (κ3) is 4.86. The molecule has 2 aromatic rings. The van der Waals surface area contributed by atoms with Gasteiger partial charge >= 0.3 is 12.0 Å². The standard InChI is InChI=1S/C22H24N2O9S/c1-30-16-8-6-13(10-18(16)32-3)34(28,29)11-14-19(21(26)33-4)20(24-22(27)23-14)12-5-7-15(25)17(9-12)31-2/h5-10,20,25H,11H2,1-4H3,(H2,23,24,27)/t20-/m0/s1. The van der Waals surface area contributed by atoms with Crippen LogP contribution < -0.4 is 24.8 Å². The van der Waals surface area contributed by atoms with E-state index in [4.69, 9.17) is 18.9 Å². The molecule has 1 atom stereocenters. The van der Waals surface area contributed by atoms with Crippen LogP contribution in [0.2, 0.25) is 0 Å². The van der Waals surface area contributed by atoms with Crippen LogP contribution in [0.15, 0.2) is 52.6 Å². The minimum absolute atomic E-state index is 0.0995. The summed E-state index contributed by atoms with van der Waals surface area (Å²) in [5.74, 6) is -1.05. The van der Waals surface area contributed by atoms with E-state index in [2.05, 4.69) is 10.6 Å². The number of ether oxygens (including phenoxy) is 4. The SMILES string of the molecule is COC(=O)C1=C(CS(=O)(=O)c2ccc(OC)c(OC)c2)NC(=O)N[C@H]1c1ccc(O)c(OC)c1. The number of hydrogen-bond donors (Lipinski definition) is 3. The Morgan fingerprint density at radius 3 is 2.26 bits per heavy atom. The van der Waals surface area contributed by atoms with Crippen LogP contribution in [0.1, 0.15) is 11.6 Å². The van der Waals surface area contributed by atoms with Crippen molar-refractivity contribution in [1.29, 1.82) is 0 Å². The fourth-order valence-electron chi connectivity index (χ4n) is 3.49. The highest BCUT2D eigenvalue weighted by Gasteiger charge is 2.36. The van der Waals surface area contributed by atoms with Crippen molar-refractivity contribution in [3.63, 3.8) is 0 Å². The third-order valence-corrected chi connectivity index (χ3v) is 6.79. The van der Waals surface area contributed by atoms with Crippen molar-refractivity contribution >= 4 is 21.8 Å². The summed E-state index contributed by atoms with van der Waals surface area (Å²) in [6.07, 6.45) is 0. The molecule has 3 rings (SSSR count). The number of rotatable bonds is 8. The summed E-state index contributed by atoms with van der Waals surface area (Å²) in [6, 6.07) is 6.50. The van der Waals surface area contributed by atoms with Crippen LogP contribution in [-0.2, 0) is 19.4 Å². The summed E-state index contributed by atoms with van der Waals surface area (Å²) in [6.45, 7) is 0. The molecule has 11 nitrogen and oxygen atoms in total. The van der Waals surface area contributed by atoms with E-state index >= 15 is 0 Å². The normalized spacial score (nSPS) is 15.8. The van der Waals surface area contributed by atoms with Gasteiger partial charge in [0.15, 0.2) is 32.8 Å². The zero-order valence-electron chi connectivity index (χ0n) is 18.9. The van der Waals surface area contributed by atoms with Gasteiger partial charge in [-0.25, -0.2) is 18.0 Å². The number of esters is 1. The third-order valence-electron chi connectivity index (χ3n) is 5.14. The molecule has 12 heteroatoms. The Hall–Kier alpha value is -3.93. The second-order valence-electron chi connectivity index (χ2n) is 7.12. The molecule has 34 heavy (non-hydrogen) atoms. The number of phenolic OH excluding ortho intramolecular Hbond substituents is 1. The molecule has 1 aliphatic heterocycles. The van der Waals surface area contributed by atoms with Gasteiger partial charge in [0, 0.05) is 11.8 Å². The van der Waals surface area contributed by atoms with Gasteiger partial charge in [-0.1, -0.05) is 6.07 Å². The first kappa shape index (κ1) is 24.7. The lowest BCUT2D eigenvalue weighted by Crippen LogP contribution is -2.47. The number of carbonyl (C=O) groups is 2. The molecule has 0 aromatic heterocycles. The van der Waals surface area contributed by atoms with Crippen molar-refractivity contribution in [3.8, 4) is 23.0 Å². The fourth-order valence-corrected chi connectivity index (χ4v) is 4.83. The molecular weight excluding hydrogens is 468 g/mol. The predicted molar refractivity (Wildman–Crippen MR) is 120 cm³/mol. The number of amides is 2. The molecule has 2 aromatic carbocycles. The highest BCUT2D eigenvalue weighted by molar-refractivity contribution is 7.91. The van der Waals surface area contributed by atoms with Gasteiger partial charge in [0.25, 0.3) is 0 Å². The van der Waals surface area contributed by atoms with E-state index in [1.165, 1.54) is 57.7 Å². The van der Waals surface area contributed by atoms with Crippen LogP contribution in [0.4, 0.5) is 4.79 Å². The number of methoxy groups -OCH3 is 4. The van der Waals surface area contributed by atoms with E-state index in [1.54, 1.807) is 0 Å². The second-order valence-corrected chi connectivity index (χ2v) is 9.11. The number of sulfone groups is 1. The minimum Gasteiger partial charge on any atom is -0.504 e. The maximum atomic E-state index is 13.2. The molecule has 0 unspecified atom stereocenters. The van der Waals surface area contributed by atoms with Crippen LogP contribution in [0.25, 0.3) is 0 Å². The highest BCUT2D eigenvalue weighted by atomic mass is 32.2. The molecule has 0 bridgehead atoms. The number of phenols is 1. The minimum atomic E-state index is -4.05. The number of hydrogen-bond acceptors (Lipinski definition) is 9. The Kier molecular flexibility index (Phi) is 7.20. The molecule has 182 valence electrons. The van der Waals surface area contributed by atoms with Gasteiger partial charge in [0.2, 0.25) is 0 Å². The van der Waals surface area contributed by atoms with Crippen LogP contribution in [0.5, 0.6) is 23.0 Å². The molecule has 0 saturated carbocycles. The van der Waals surface area contributed by atoms with Gasteiger partial charge in [-0.05, 0) is 29.8 Å². The molecule has 1 heterocycles. The van der Waals surface area contributed by atoms with E-state index in [1.807, 2.05) is 0 Å². The number of urea groups is 1. The average molecular weight is 493 g/mol. The van der Waals surface area contributed by atoms with E-state index in [9.17, 15) is 23.1 Å². The number of nitrogens with one attached hydrogen (secondary N) is 2. The van der Waals surface area contributed by atoms with Gasteiger partial charge in [-0.2, -0.15) is 0 Å². The zero-order chi connectivity index (χ0) is 25.0. The van der Waals surface area contributed by atoms with Crippen molar-refractivity contribution in [2.75, 3.05) is 34.2 Å². The molecule has 1 aliphatic rings. The Morgan fingerprint density at radius 2 is 1.65 bits per heavy atom. The molecule has 0 radical (unpaired) electrons. The zero-order valence-corrected chi connectivity index (χ0v) is 19.7. The number of aromatic hydroxyl groups is 1. The average Bonchev–Trinajstić information content (AvgIpc) is 2.82. The summed E-state index contributed by atoms with van der Waals surface area (Å²) in [4.78, 5) is 25.0. The Bertz CT molecular complexity index is 1260. The first-order chi connectivity index (χ1) is 16.1. The van der Waals surface area contributed by atoms with Crippen molar-refractivity contribution in [3.05, 3.63) is 53.2 Å². The molecule has 2 amide bonds.